The highest BCUT2D eigenvalue weighted by molar-refractivity contribution is 14.1. The summed E-state index contributed by atoms with van der Waals surface area (Å²) in [7, 11) is -3.63. The highest BCUT2D eigenvalue weighted by Crippen LogP contribution is 2.22. The summed E-state index contributed by atoms with van der Waals surface area (Å²) in [5.41, 5.74) is 9.22. The normalized spacial score (nSPS) is 11.7. The number of sulfonamides is 1. The van der Waals surface area contributed by atoms with Crippen molar-refractivity contribution in [1.29, 1.82) is 0 Å². The van der Waals surface area contributed by atoms with E-state index in [0.29, 0.717) is 5.69 Å². The van der Waals surface area contributed by atoms with Crippen LogP contribution in [-0.4, -0.2) is 37.9 Å². The van der Waals surface area contributed by atoms with Gasteiger partial charge in [-0.1, -0.05) is 6.07 Å². The number of hydrogen-bond donors (Lipinski definition) is 1. The van der Waals surface area contributed by atoms with Crippen LogP contribution in [0.25, 0.3) is 5.69 Å². The fourth-order valence-corrected chi connectivity index (χ4v) is 4.96. The Hall–Kier alpha value is -2.66. The second-order valence-electron chi connectivity index (χ2n) is 8.05. The molecule has 7 nitrogen and oxygen atoms in total. The van der Waals surface area contributed by atoms with Crippen LogP contribution in [0.1, 0.15) is 28.1 Å². The molecule has 174 valence electrons. The zero-order valence-corrected chi connectivity index (χ0v) is 22.2. The number of amides is 1. The molecule has 0 aliphatic carbocycles. The molecule has 0 aliphatic rings. The van der Waals surface area contributed by atoms with Crippen LogP contribution in [0.5, 0.6) is 0 Å². The number of hydrazone groups is 1. The predicted molar refractivity (Wildman–Crippen MR) is 142 cm³/mol. The molecule has 3 aromatic rings. The average molecular weight is 578 g/mol. The molecule has 9 heteroatoms. The van der Waals surface area contributed by atoms with Crippen molar-refractivity contribution in [2.75, 3.05) is 17.1 Å². The van der Waals surface area contributed by atoms with Gasteiger partial charge in [-0.05, 0) is 104 Å². The van der Waals surface area contributed by atoms with Gasteiger partial charge in [0.2, 0.25) is 10.0 Å². The van der Waals surface area contributed by atoms with E-state index in [1.54, 1.807) is 30.5 Å². The summed E-state index contributed by atoms with van der Waals surface area (Å²) in [5, 5.41) is 4.07. The summed E-state index contributed by atoms with van der Waals surface area (Å²) in [6.45, 7) is 7.79. The first-order valence-electron chi connectivity index (χ1n) is 10.3. The zero-order valence-electron chi connectivity index (χ0n) is 19.3. The van der Waals surface area contributed by atoms with Crippen LogP contribution in [0.4, 0.5) is 5.69 Å². The lowest BCUT2D eigenvalue weighted by atomic mass is 10.1. The Morgan fingerprint density at radius 1 is 1.06 bits per heavy atom. The van der Waals surface area contributed by atoms with Crippen LogP contribution in [0.3, 0.4) is 0 Å². The third-order valence-electron chi connectivity index (χ3n) is 5.13. The summed E-state index contributed by atoms with van der Waals surface area (Å²) in [4.78, 5) is 12.4. The molecule has 0 aliphatic heterocycles. The van der Waals surface area contributed by atoms with Gasteiger partial charge >= 0.3 is 0 Å². The van der Waals surface area contributed by atoms with E-state index in [1.807, 2.05) is 19.9 Å². The van der Waals surface area contributed by atoms with Crippen molar-refractivity contribution in [3.8, 4) is 5.69 Å². The highest BCUT2D eigenvalue weighted by Gasteiger charge is 2.20. The Morgan fingerprint density at radius 2 is 1.67 bits per heavy atom. The third-order valence-corrected chi connectivity index (χ3v) is 6.99. The van der Waals surface area contributed by atoms with Crippen molar-refractivity contribution in [2.45, 2.75) is 27.7 Å². The fourth-order valence-electron chi connectivity index (χ4n) is 3.74. The largest absolute Gasteiger partial charge is 0.318 e. The lowest BCUT2D eigenvalue weighted by Crippen LogP contribution is -2.39. The first kappa shape index (κ1) is 25.0. The zero-order chi connectivity index (χ0) is 24.3. The van der Waals surface area contributed by atoms with Gasteiger partial charge in [0.25, 0.3) is 5.91 Å². The molecule has 33 heavy (non-hydrogen) atoms. The van der Waals surface area contributed by atoms with Crippen molar-refractivity contribution in [3.63, 3.8) is 0 Å². The molecule has 0 saturated carbocycles. The van der Waals surface area contributed by atoms with Crippen molar-refractivity contribution in [2.24, 2.45) is 5.10 Å². The minimum Gasteiger partial charge on any atom is -0.318 e. The molecule has 1 amide bonds. The quantitative estimate of drug-likeness (QED) is 0.259. The molecule has 0 unspecified atom stereocenters. The second-order valence-corrected chi connectivity index (χ2v) is 11.2. The molecule has 0 saturated heterocycles. The number of carbonyl (C=O) groups is 1. The Morgan fingerprint density at radius 3 is 2.24 bits per heavy atom. The van der Waals surface area contributed by atoms with Crippen molar-refractivity contribution in [3.05, 3.63) is 80.2 Å². The molecule has 1 heterocycles. The first-order valence-corrected chi connectivity index (χ1v) is 13.2. The fraction of sp³-hybridized carbons (Fsp3) is 0.250. The summed E-state index contributed by atoms with van der Waals surface area (Å²) in [6, 6.07) is 15.3. The van der Waals surface area contributed by atoms with Gasteiger partial charge in [0.15, 0.2) is 0 Å². The maximum atomic E-state index is 12.4. The maximum Gasteiger partial charge on any atom is 0.260 e. The van der Waals surface area contributed by atoms with E-state index >= 15 is 0 Å². The van der Waals surface area contributed by atoms with Gasteiger partial charge < -0.3 is 4.57 Å². The SMILES string of the molecule is Cc1cc(C)cc(-n2c(C)cc(/C=N\NC(=O)CN(c3ccc(I)cc3)S(C)(=O)=O)c2C)c1. The smallest absolute Gasteiger partial charge is 0.260 e. The van der Waals surface area contributed by atoms with Gasteiger partial charge in [0, 0.05) is 26.2 Å². The van der Waals surface area contributed by atoms with Gasteiger partial charge in [-0.15, -0.1) is 0 Å². The first-order chi connectivity index (χ1) is 15.5. The number of hydrogen-bond acceptors (Lipinski definition) is 4. The topological polar surface area (TPSA) is 83.8 Å². The summed E-state index contributed by atoms with van der Waals surface area (Å²) in [6.07, 6.45) is 2.65. The molecular formula is C24H27IN4O3S. The monoisotopic (exact) mass is 578 g/mol. The van der Waals surface area contributed by atoms with E-state index in [2.05, 4.69) is 69.7 Å². The van der Waals surface area contributed by atoms with E-state index in [9.17, 15) is 13.2 Å². The third kappa shape index (κ3) is 6.23. The number of aryl methyl sites for hydroxylation is 3. The van der Waals surface area contributed by atoms with Crippen LogP contribution in [0.2, 0.25) is 0 Å². The van der Waals surface area contributed by atoms with Crippen molar-refractivity contribution >= 4 is 50.4 Å². The minimum atomic E-state index is -3.63. The molecule has 0 atom stereocenters. The number of carbonyl (C=O) groups excluding carboxylic acids is 1. The number of nitrogens with zero attached hydrogens (tertiary/aromatic N) is 3. The lowest BCUT2D eigenvalue weighted by Gasteiger charge is -2.21. The molecule has 1 aromatic heterocycles. The number of benzene rings is 2. The Labute approximate surface area is 208 Å². The van der Waals surface area contributed by atoms with Crippen LogP contribution in [0, 0.1) is 31.3 Å². The van der Waals surface area contributed by atoms with Crippen LogP contribution >= 0.6 is 22.6 Å². The molecule has 3 rings (SSSR count). The lowest BCUT2D eigenvalue weighted by molar-refractivity contribution is -0.119. The summed E-state index contributed by atoms with van der Waals surface area (Å²) >= 11 is 2.14. The van der Waals surface area contributed by atoms with Gasteiger partial charge in [-0.2, -0.15) is 5.10 Å². The van der Waals surface area contributed by atoms with Crippen molar-refractivity contribution in [1.82, 2.24) is 9.99 Å². The Bertz CT molecular complexity index is 1290. The molecule has 0 fully saturated rings. The van der Waals surface area contributed by atoms with E-state index in [4.69, 9.17) is 0 Å². The molecule has 1 N–H and O–H groups in total. The summed E-state index contributed by atoms with van der Waals surface area (Å²) < 4.78 is 28.6. The van der Waals surface area contributed by atoms with E-state index < -0.39 is 15.9 Å². The molecule has 2 aromatic carbocycles. The van der Waals surface area contributed by atoms with E-state index in [0.717, 1.165) is 36.8 Å². The highest BCUT2D eigenvalue weighted by atomic mass is 127. The van der Waals surface area contributed by atoms with Gasteiger partial charge in [-0.3, -0.25) is 9.10 Å². The maximum absolute atomic E-state index is 12.4. The van der Waals surface area contributed by atoms with Crippen LogP contribution in [-0.2, 0) is 14.8 Å². The molecule has 0 radical (unpaired) electrons. The second kappa shape index (κ2) is 10.1. The van der Waals surface area contributed by atoms with E-state index in [1.165, 1.54) is 11.1 Å². The number of halogens is 1. The minimum absolute atomic E-state index is 0.363. The number of aromatic nitrogens is 1. The predicted octanol–water partition coefficient (Wildman–Crippen LogP) is 4.23. The summed E-state index contributed by atoms with van der Waals surface area (Å²) in [5.74, 6) is -0.529. The Balaban J connectivity index is 1.75. The van der Waals surface area contributed by atoms with Gasteiger partial charge in [-0.25, -0.2) is 13.8 Å². The van der Waals surface area contributed by atoms with Crippen molar-refractivity contribution < 1.29 is 13.2 Å². The standard InChI is InChI=1S/C24H27IN4O3S/c1-16-10-17(2)12-23(11-16)29-18(3)13-20(19(29)4)14-26-27-24(30)15-28(33(5,31)32)22-8-6-21(25)7-9-22/h6-14H,15H2,1-5H3,(H,27,30)/b26-14-. The van der Waals surface area contributed by atoms with Gasteiger partial charge in [0.1, 0.15) is 6.54 Å². The molecule has 0 bridgehead atoms. The van der Waals surface area contributed by atoms with Gasteiger partial charge in [0.05, 0.1) is 18.2 Å². The molecular weight excluding hydrogens is 551 g/mol. The number of rotatable bonds is 7. The average Bonchev–Trinajstić information content (AvgIpc) is 2.98. The molecule has 0 spiro atoms. The Kier molecular flexibility index (Phi) is 7.63. The van der Waals surface area contributed by atoms with Crippen LogP contribution in [0.15, 0.2) is 53.6 Å². The number of anilines is 1. The number of nitrogens with one attached hydrogen (secondary N) is 1. The van der Waals surface area contributed by atoms with E-state index in [-0.39, 0.29) is 6.54 Å². The van der Waals surface area contributed by atoms with Crippen LogP contribution < -0.4 is 9.73 Å².